The molecule has 2 aromatic rings. The first kappa shape index (κ1) is 9.66. The summed E-state index contributed by atoms with van der Waals surface area (Å²) in [6.45, 7) is 2.05. The van der Waals surface area contributed by atoms with Gasteiger partial charge in [-0.25, -0.2) is 4.79 Å². The molecule has 16 heavy (non-hydrogen) atoms. The highest BCUT2D eigenvalue weighted by molar-refractivity contribution is 5.76. The van der Waals surface area contributed by atoms with Crippen LogP contribution in [0.2, 0.25) is 0 Å². The quantitative estimate of drug-likeness (QED) is 0.764. The molecule has 2 N–H and O–H groups in total. The Labute approximate surface area is 92.7 Å². The molecule has 1 unspecified atom stereocenters. The van der Waals surface area contributed by atoms with Crippen LogP contribution in [0.15, 0.2) is 27.4 Å². The van der Waals surface area contributed by atoms with Crippen molar-refractivity contribution < 1.29 is 4.42 Å². The first-order valence-electron chi connectivity index (χ1n) is 5.67. The van der Waals surface area contributed by atoms with Crippen LogP contribution in [-0.4, -0.2) is 18.1 Å². The van der Waals surface area contributed by atoms with Crippen LogP contribution in [0.4, 0.5) is 0 Å². The lowest BCUT2D eigenvalue weighted by Gasteiger charge is -2.22. The minimum Gasteiger partial charge on any atom is -0.408 e. The maximum atomic E-state index is 11.2. The highest BCUT2D eigenvalue weighted by Gasteiger charge is 2.19. The number of hydrogen-bond acceptors (Lipinski definition) is 3. The number of H-pyrrole nitrogens is 1. The van der Waals surface area contributed by atoms with Crippen molar-refractivity contribution in [3.05, 3.63) is 34.3 Å². The van der Waals surface area contributed by atoms with E-state index in [0.717, 1.165) is 36.2 Å². The summed E-state index contributed by atoms with van der Waals surface area (Å²) in [4.78, 5) is 13.9. The van der Waals surface area contributed by atoms with E-state index in [0.29, 0.717) is 5.92 Å². The van der Waals surface area contributed by atoms with E-state index in [-0.39, 0.29) is 5.76 Å². The van der Waals surface area contributed by atoms with E-state index in [4.69, 9.17) is 4.42 Å². The van der Waals surface area contributed by atoms with Gasteiger partial charge in [-0.05, 0) is 25.5 Å². The van der Waals surface area contributed by atoms with Crippen LogP contribution in [0.3, 0.4) is 0 Å². The second kappa shape index (κ2) is 3.79. The Bertz CT molecular complexity index is 549. The molecule has 84 valence electrons. The molecule has 0 spiro atoms. The molecule has 1 aromatic carbocycles. The Balaban J connectivity index is 2.11. The zero-order valence-electron chi connectivity index (χ0n) is 8.95. The molecule has 1 saturated heterocycles. The highest BCUT2D eigenvalue weighted by atomic mass is 16.4. The molecule has 0 amide bonds. The van der Waals surface area contributed by atoms with Crippen molar-refractivity contribution in [2.75, 3.05) is 13.1 Å². The van der Waals surface area contributed by atoms with Gasteiger partial charge in [-0.3, -0.25) is 4.98 Å². The Morgan fingerprint density at radius 3 is 3.12 bits per heavy atom. The average molecular weight is 218 g/mol. The summed E-state index contributed by atoms with van der Waals surface area (Å²) in [6.07, 6.45) is 2.33. The number of oxazole rings is 1. The first-order valence-corrected chi connectivity index (χ1v) is 5.67. The number of aromatic nitrogens is 1. The van der Waals surface area contributed by atoms with Gasteiger partial charge in [0, 0.05) is 18.0 Å². The number of rotatable bonds is 1. The largest absolute Gasteiger partial charge is 0.417 e. The Morgan fingerprint density at radius 2 is 2.31 bits per heavy atom. The molecule has 1 aliphatic heterocycles. The number of fused-ring (bicyclic) bond motifs is 1. The molecular formula is C12H14N2O2. The van der Waals surface area contributed by atoms with Gasteiger partial charge >= 0.3 is 5.76 Å². The molecule has 4 nitrogen and oxygen atoms in total. The van der Waals surface area contributed by atoms with Crippen LogP contribution in [0, 0.1) is 0 Å². The monoisotopic (exact) mass is 218 g/mol. The molecule has 3 rings (SSSR count). The predicted molar refractivity (Wildman–Crippen MR) is 61.7 cm³/mol. The predicted octanol–water partition coefficient (Wildman–Crippen LogP) is 1.59. The van der Waals surface area contributed by atoms with Crippen LogP contribution in [0.25, 0.3) is 11.1 Å². The Morgan fingerprint density at radius 1 is 1.38 bits per heavy atom. The third-order valence-electron chi connectivity index (χ3n) is 3.21. The van der Waals surface area contributed by atoms with Gasteiger partial charge < -0.3 is 9.73 Å². The number of nitrogens with one attached hydrogen (secondary N) is 2. The van der Waals surface area contributed by atoms with E-state index < -0.39 is 0 Å². The average Bonchev–Trinajstić information content (AvgIpc) is 2.70. The van der Waals surface area contributed by atoms with Gasteiger partial charge in [0.1, 0.15) is 0 Å². The van der Waals surface area contributed by atoms with E-state index >= 15 is 0 Å². The van der Waals surface area contributed by atoms with E-state index in [9.17, 15) is 4.79 Å². The second-order valence-corrected chi connectivity index (χ2v) is 4.28. The maximum absolute atomic E-state index is 11.2. The van der Waals surface area contributed by atoms with Crippen molar-refractivity contribution in [2.24, 2.45) is 0 Å². The lowest BCUT2D eigenvalue weighted by atomic mass is 9.91. The van der Waals surface area contributed by atoms with Gasteiger partial charge in [0.05, 0.1) is 5.52 Å². The summed E-state index contributed by atoms with van der Waals surface area (Å²) in [5.41, 5.74) is 2.66. The number of para-hydroxylation sites is 1. The third-order valence-corrected chi connectivity index (χ3v) is 3.21. The van der Waals surface area contributed by atoms with Crippen molar-refractivity contribution in [3.63, 3.8) is 0 Å². The molecule has 0 radical (unpaired) electrons. The third kappa shape index (κ3) is 1.55. The SMILES string of the molecule is O=c1[nH]c2cccc(C3CCCNC3)c2o1. The summed E-state index contributed by atoms with van der Waals surface area (Å²) in [5.74, 6) is 0.0858. The standard InChI is InChI=1S/C12H14N2O2/c15-12-14-10-5-1-4-9(11(10)16-12)8-3-2-6-13-7-8/h1,4-5,8,13H,2-3,6-7H2,(H,14,15). The van der Waals surface area contributed by atoms with Crippen molar-refractivity contribution in [1.29, 1.82) is 0 Å². The van der Waals surface area contributed by atoms with Crippen molar-refractivity contribution in [1.82, 2.24) is 10.3 Å². The van der Waals surface area contributed by atoms with E-state index in [2.05, 4.69) is 16.4 Å². The number of benzene rings is 1. The molecule has 2 heterocycles. The van der Waals surface area contributed by atoms with Gasteiger partial charge in [0.2, 0.25) is 0 Å². The smallest absolute Gasteiger partial charge is 0.408 e. The Kier molecular flexibility index (Phi) is 2.29. The van der Waals surface area contributed by atoms with Gasteiger partial charge in [0.25, 0.3) is 0 Å². The number of aromatic amines is 1. The topological polar surface area (TPSA) is 58.0 Å². The summed E-state index contributed by atoms with van der Waals surface area (Å²) in [6, 6.07) is 5.90. The summed E-state index contributed by atoms with van der Waals surface area (Å²) < 4.78 is 5.21. The fourth-order valence-electron chi connectivity index (χ4n) is 2.43. The number of piperidine rings is 1. The highest BCUT2D eigenvalue weighted by Crippen LogP contribution is 2.28. The lowest BCUT2D eigenvalue weighted by Crippen LogP contribution is -2.28. The molecular weight excluding hydrogens is 204 g/mol. The molecule has 1 aromatic heterocycles. The molecule has 1 aliphatic rings. The lowest BCUT2D eigenvalue weighted by molar-refractivity contribution is 0.456. The molecule has 0 aliphatic carbocycles. The molecule has 0 saturated carbocycles. The zero-order valence-corrected chi connectivity index (χ0v) is 8.95. The minimum atomic E-state index is -0.369. The van der Waals surface area contributed by atoms with Crippen LogP contribution in [0.5, 0.6) is 0 Å². The van der Waals surface area contributed by atoms with E-state index in [1.165, 1.54) is 6.42 Å². The zero-order chi connectivity index (χ0) is 11.0. The first-order chi connectivity index (χ1) is 7.84. The fraction of sp³-hybridized carbons (Fsp3) is 0.417. The van der Waals surface area contributed by atoms with Gasteiger partial charge in [-0.2, -0.15) is 0 Å². The summed E-state index contributed by atoms with van der Waals surface area (Å²) in [5, 5.41) is 3.37. The van der Waals surface area contributed by atoms with E-state index in [1.807, 2.05) is 12.1 Å². The van der Waals surface area contributed by atoms with Crippen molar-refractivity contribution in [2.45, 2.75) is 18.8 Å². The van der Waals surface area contributed by atoms with Gasteiger partial charge in [0.15, 0.2) is 5.58 Å². The summed E-state index contributed by atoms with van der Waals surface area (Å²) >= 11 is 0. The van der Waals surface area contributed by atoms with E-state index in [1.54, 1.807) is 0 Å². The fourth-order valence-corrected chi connectivity index (χ4v) is 2.43. The Hall–Kier alpha value is -1.55. The molecule has 4 heteroatoms. The van der Waals surface area contributed by atoms with Crippen molar-refractivity contribution in [3.8, 4) is 0 Å². The molecule has 1 atom stereocenters. The van der Waals surface area contributed by atoms with Crippen LogP contribution in [-0.2, 0) is 0 Å². The van der Waals surface area contributed by atoms with Crippen LogP contribution < -0.4 is 11.1 Å². The van der Waals surface area contributed by atoms with Crippen LogP contribution in [0.1, 0.15) is 24.3 Å². The summed E-state index contributed by atoms with van der Waals surface area (Å²) in [7, 11) is 0. The van der Waals surface area contributed by atoms with Gasteiger partial charge in [-0.1, -0.05) is 12.1 Å². The van der Waals surface area contributed by atoms with Crippen molar-refractivity contribution >= 4 is 11.1 Å². The van der Waals surface area contributed by atoms with Crippen LogP contribution >= 0.6 is 0 Å². The maximum Gasteiger partial charge on any atom is 0.417 e. The minimum absolute atomic E-state index is 0.369. The molecule has 0 bridgehead atoms. The van der Waals surface area contributed by atoms with Gasteiger partial charge in [-0.15, -0.1) is 0 Å². The normalized spacial score (nSPS) is 21.4. The second-order valence-electron chi connectivity index (χ2n) is 4.28. The number of hydrogen-bond donors (Lipinski definition) is 2. The molecule has 1 fully saturated rings.